The van der Waals surface area contributed by atoms with Crippen LogP contribution in [0.4, 0.5) is 0 Å². The molecule has 0 aliphatic carbocycles. The molecule has 5 nitrogen and oxygen atoms in total. The van der Waals surface area contributed by atoms with E-state index >= 15 is 0 Å². The molecule has 0 saturated heterocycles. The molecule has 0 saturated carbocycles. The van der Waals surface area contributed by atoms with Crippen molar-refractivity contribution in [1.29, 1.82) is 0 Å². The number of nitrogens with one attached hydrogen (secondary N) is 1. The minimum absolute atomic E-state index is 0.0545. The van der Waals surface area contributed by atoms with Crippen LogP contribution in [0.3, 0.4) is 0 Å². The molecule has 0 atom stereocenters. The highest BCUT2D eigenvalue weighted by molar-refractivity contribution is 7.88. The lowest BCUT2D eigenvalue weighted by molar-refractivity contribution is 0.580. The van der Waals surface area contributed by atoms with Crippen molar-refractivity contribution < 1.29 is 8.42 Å². The highest BCUT2D eigenvalue weighted by atomic mass is 32.2. The third kappa shape index (κ3) is 4.41. The largest absolute Gasteiger partial charge is 0.326 e. The standard InChI is InChI=1S/C14H17N3O2S/c15-8-12-3-1-4-13(7-12)11-20(18,19)17-10-14-5-2-6-16-9-14/h1-7,9,17H,8,10-11,15H2. The number of hydrogen-bond acceptors (Lipinski definition) is 4. The lowest BCUT2D eigenvalue weighted by Crippen LogP contribution is -2.24. The second kappa shape index (κ2) is 6.60. The Hall–Kier alpha value is -1.76. The van der Waals surface area contributed by atoms with E-state index in [2.05, 4.69) is 9.71 Å². The Bertz CT molecular complexity index is 657. The van der Waals surface area contributed by atoms with Gasteiger partial charge in [0.15, 0.2) is 0 Å². The Morgan fingerprint density at radius 1 is 1.10 bits per heavy atom. The van der Waals surface area contributed by atoms with E-state index in [4.69, 9.17) is 5.73 Å². The van der Waals surface area contributed by atoms with Gasteiger partial charge in [0.2, 0.25) is 10.0 Å². The summed E-state index contributed by atoms with van der Waals surface area (Å²) in [5.74, 6) is -0.0545. The van der Waals surface area contributed by atoms with Crippen molar-refractivity contribution >= 4 is 10.0 Å². The van der Waals surface area contributed by atoms with E-state index in [0.29, 0.717) is 6.54 Å². The van der Waals surface area contributed by atoms with Crippen LogP contribution in [-0.4, -0.2) is 13.4 Å². The fourth-order valence-electron chi connectivity index (χ4n) is 1.81. The molecule has 0 unspecified atom stereocenters. The summed E-state index contributed by atoms with van der Waals surface area (Å²) in [5.41, 5.74) is 8.02. The lowest BCUT2D eigenvalue weighted by atomic mass is 10.1. The van der Waals surface area contributed by atoms with Gasteiger partial charge in [0.05, 0.1) is 5.75 Å². The zero-order valence-corrected chi connectivity index (χ0v) is 11.8. The maximum Gasteiger partial charge on any atom is 0.216 e. The summed E-state index contributed by atoms with van der Waals surface area (Å²) in [6.45, 7) is 0.643. The number of sulfonamides is 1. The molecule has 1 aromatic carbocycles. The Kier molecular flexibility index (Phi) is 4.84. The number of aromatic nitrogens is 1. The molecule has 2 rings (SSSR count). The topological polar surface area (TPSA) is 85.1 Å². The van der Waals surface area contributed by atoms with Crippen LogP contribution in [0.5, 0.6) is 0 Å². The van der Waals surface area contributed by atoms with E-state index in [1.165, 1.54) is 0 Å². The van der Waals surface area contributed by atoms with E-state index in [1.54, 1.807) is 24.5 Å². The van der Waals surface area contributed by atoms with Gasteiger partial charge in [0.25, 0.3) is 0 Å². The molecule has 106 valence electrons. The molecule has 0 spiro atoms. The minimum atomic E-state index is -3.38. The van der Waals surface area contributed by atoms with Crippen LogP contribution in [0, 0.1) is 0 Å². The average molecular weight is 291 g/mol. The van der Waals surface area contributed by atoms with Crippen LogP contribution in [0.1, 0.15) is 16.7 Å². The minimum Gasteiger partial charge on any atom is -0.326 e. The van der Waals surface area contributed by atoms with E-state index in [-0.39, 0.29) is 12.3 Å². The summed E-state index contributed by atoms with van der Waals surface area (Å²) in [5, 5.41) is 0. The number of benzene rings is 1. The molecular formula is C14H17N3O2S. The van der Waals surface area contributed by atoms with Crippen molar-refractivity contribution in [3.05, 3.63) is 65.5 Å². The highest BCUT2D eigenvalue weighted by Crippen LogP contribution is 2.08. The normalized spacial score (nSPS) is 11.4. The van der Waals surface area contributed by atoms with Crippen molar-refractivity contribution in [2.45, 2.75) is 18.8 Å². The maximum absolute atomic E-state index is 12.0. The third-order valence-corrected chi connectivity index (χ3v) is 4.10. The van der Waals surface area contributed by atoms with Crippen molar-refractivity contribution in [3.8, 4) is 0 Å². The van der Waals surface area contributed by atoms with Gasteiger partial charge in [-0.25, -0.2) is 13.1 Å². The van der Waals surface area contributed by atoms with Gasteiger partial charge in [-0.15, -0.1) is 0 Å². The van der Waals surface area contributed by atoms with Crippen LogP contribution in [-0.2, 0) is 28.9 Å². The second-order valence-corrected chi connectivity index (χ2v) is 6.27. The van der Waals surface area contributed by atoms with E-state index in [0.717, 1.165) is 16.7 Å². The first kappa shape index (κ1) is 14.6. The fourth-order valence-corrected chi connectivity index (χ4v) is 2.92. The molecule has 0 aliphatic rings. The predicted molar refractivity (Wildman–Crippen MR) is 78.0 cm³/mol. The molecule has 0 bridgehead atoms. The van der Waals surface area contributed by atoms with Crippen LogP contribution in [0.25, 0.3) is 0 Å². The Labute approximate surface area is 118 Å². The van der Waals surface area contributed by atoms with Gasteiger partial charge in [0, 0.05) is 25.5 Å². The zero-order chi connectivity index (χ0) is 14.4. The quantitative estimate of drug-likeness (QED) is 0.836. The first-order valence-electron chi connectivity index (χ1n) is 6.23. The van der Waals surface area contributed by atoms with Gasteiger partial charge >= 0.3 is 0 Å². The molecule has 1 aromatic heterocycles. The first-order valence-corrected chi connectivity index (χ1v) is 7.88. The van der Waals surface area contributed by atoms with E-state index < -0.39 is 10.0 Å². The first-order chi connectivity index (χ1) is 9.59. The SMILES string of the molecule is NCc1cccc(CS(=O)(=O)NCc2cccnc2)c1. The monoisotopic (exact) mass is 291 g/mol. The van der Waals surface area contributed by atoms with Gasteiger partial charge in [0.1, 0.15) is 0 Å². The van der Waals surface area contributed by atoms with Crippen LogP contribution >= 0.6 is 0 Å². The fraction of sp³-hybridized carbons (Fsp3) is 0.214. The molecular weight excluding hydrogens is 274 g/mol. The zero-order valence-electron chi connectivity index (χ0n) is 11.0. The van der Waals surface area contributed by atoms with Crippen molar-refractivity contribution in [3.63, 3.8) is 0 Å². The van der Waals surface area contributed by atoms with E-state index in [1.807, 2.05) is 24.3 Å². The van der Waals surface area contributed by atoms with Gasteiger partial charge in [-0.2, -0.15) is 0 Å². The molecule has 0 amide bonds. The predicted octanol–water partition coefficient (Wildman–Crippen LogP) is 1.16. The molecule has 6 heteroatoms. The van der Waals surface area contributed by atoms with Crippen LogP contribution in [0.15, 0.2) is 48.8 Å². The summed E-state index contributed by atoms with van der Waals surface area (Å²) >= 11 is 0. The number of rotatable bonds is 6. The Balaban J connectivity index is 2.00. The molecule has 20 heavy (non-hydrogen) atoms. The average Bonchev–Trinajstić information content (AvgIpc) is 2.46. The Morgan fingerprint density at radius 2 is 1.85 bits per heavy atom. The molecule has 0 aliphatic heterocycles. The van der Waals surface area contributed by atoms with Crippen LogP contribution in [0.2, 0.25) is 0 Å². The molecule has 2 aromatic rings. The summed E-state index contributed by atoms with van der Waals surface area (Å²) in [4.78, 5) is 3.94. The lowest BCUT2D eigenvalue weighted by Gasteiger charge is -2.07. The summed E-state index contributed by atoms with van der Waals surface area (Å²) in [6, 6.07) is 10.9. The summed E-state index contributed by atoms with van der Waals surface area (Å²) < 4.78 is 26.6. The van der Waals surface area contributed by atoms with Gasteiger partial charge in [-0.3, -0.25) is 4.98 Å². The smallest absolute Gasteiger partial charge is 0.216 e. The van der Waals surface area contributed by atoms with Crippen LogP contribution < -0.4 is 10.5 Å². The Morgan fingerprint density at radius 3 is 2.55 bits per heavy atom. The number of nitrogens with zero attached hydrogens (tertiary/aromatic N) is 1. The second-order valence-electron chi connectivity index (χ2n) is 4.47. The molecule has 0 fully saturated rings. The maximum atomic E-state index is 12.0. The summed E-state index contributed by atoms with van der Waals surface area (Å²) in [7, 11) is -3.38. The number of pyridine rings is 1. The highest BCUT2D eigenvalue weighted by Gasteiger charge is 2.11. The third-order valence-electron chi connectivity index (χ3n) is 2.80. The van der Waals surface area contributed by atoms with Gasteiger partial charge in [-0.05, 0) is 22.8 Å². The van der Waals surface area contributed by atoms with Gasteiger partial charge in [-0.1, -0.05) is 30.3 Å². The molecule has 1 heterocycles. The number of hydrogen-bond donors (Lipinski definition) is 2. The molecule has 0 radical (unpaired) electrons. The van der Waals surface area contributed by atoms with Crippen molar-refractivity contribution in [1.82, 2.24) is 9.71 Å². The molecule has 3 N–H and O–H groups in total. The van der Waals surface area contributed by atoms with E-state index in [9.17, 15) is 8.42 Å². The number of nitrogens with two attached hydrogens (primary N) is 1. The van der Waals surface area contributed by atoms with Crippen molar-refractivity contribution in [2.24, 2.45) is 5.73 Å². The van der Waals surface area contributed by atoms with Gasteiger partial charge < -0.3 is 5.73 Å². The van der Waals surface area contributed by atoms with Crippen molar-refractivity contribution in [2.75, 3.05) is 0 Å². The summed E-state index contributed by atoms with van der Waals surface area (Å²) in [6.07, 6.45) is 3.29.